The van der Waals surface area contributed by atoms with Gasteiger partial charge in [0.2, 0.25) is 16.6 Å². The molecule has 0 unspecified atom stereocenters. The lowest BCUT2D eigenvalue weighted by atomic mass is 10.1. The van der Waals surface area contributed by atoms with E-state index in [4.69, 9.17) is 14.2 Å². The van der Waals surface area contributed by atoms with Gasteiger partial charge < -0.3 is 14.2 Å². The number of fused-ring (bicyclic) bond motifs is 1. The summed E-state index contributed by atoms with van der Waals surface area (Å²) in [7, 11) is -4.33. The molecule has 1 saturated heterocycles. The SMILES string of the molecule is CCOc1ccc(N2C(=O)/C(=C\c3cc4c(cc3Br)OCO4)S(=O)(=O)[C@H]2c2cccc([N+](=O)[O-])c2)cc1. The highest BCUT2D eigenvalue weighted by Gasteiger charge is 2.50. The monoisotopic (exact) mass is 586 g/mol. The maximum Gasteiger partial charge on any atom is 0.271 e. The molecule has 10 nitrogen and oxygen atoms in total. The van der Waals surface area contributed by atoms with E-state index < -0.39 is 30.9 Å². The van der Waals surface area contributed by atoms with Gasteiger partial charge in [-0.25, -0.2) is 8.42 Å². The zero-order valence-electron chi connectivity index (χ0n) is 19.3. The van der Waals surface area contributed by atoms with Crippen LogP contribution in [0.2, 0.25) is 0 Å². The third-order valence-electron chi connectivity index (χ3n) is 5.84. The Hall–Kier alpha value is -3.90. The molecule has 37 heavy (non-hydrogen) atoms. The second kappa shape index (κ2) is 9.52. The fourth-order valence-corrected chi connectivity index (χ4v) is 6.49. The number of carbonyl (C=O) groups is 1. The lowest BCUT2D eigenvalue weighted by Crippen LogP contribution is -2.29. The number of carbonyl (C=O) groups excluding carboxylic acids is 1. The number of hydrogen-bond donors (Lipinski definition) is 0. The molecule has 0 N–H and O–H groups in total. The molecule has 0 bridgehead atoms. The second-order valence-electron chi connectivity index (χ2n) is 8.09. The molecule has 0 aliphatic carbocycles. The average Bonchev–Trinajstić information content (AvgIpc) is 3.40. The van der Waals surface area contributed by atoms with Crippen LogP contribution in [0.25, 0.3) is 6.08 Å². The van der Waals surface area contributed by atoms with Crippen molar-refractivity contribution in [1.29, 1.82) is 0 Å². The Morgan fingerprint density at radius 1 is 1.14 bits per heavy atom. The Morgan fingerprint density at radius 2 is 1.84 bits per heavy atom. The Balaban J connectivity index is 1.67. The number of non-ortho nitro benzene ring substituents is 1. The zero-order chi connectivity index (χ0) is 26.3. The summed E-state index contributed by atoms with van der Waals surface area (Å²) in [4.78, 5) is 25.2. The van der Waals surface area contributed by atoms with Crippen molar-refractivity contribution in [3.8, 4) is 17.2 Å². The molecule has 12 heteroatoms. The second-order valence-corrected chi connectivity index (χ2v) is 10.9. The van der Waals surface area contributed by atoms with Gasteiger partial charge in [0.25, 0.3) is 11.6 Å². The largest absolute Gasteiger partial charge is 0.494 e. The summed E-state index contributed by atoms with van der Waals surface area (Å²) in [6.07, 6.45) is 1.27. The summed E-state index contributed by atoms with van der Waals surface area (Å²) in [5.41, 5.74) is 0.483. The summed E-state index contributed by atoms with van der Waals surface area (Å²) >= 11 is 3.39. The number of nitrogens with zero attached hydrogens (tertiary/aromatic N) is 2. The van der Waals surface area contributed by atoms with Crippen molar-refractivity contribution in [2.75, 3.05) is 18.3 Å². The number of anilines is 1. The molecule has 0 aromatic heterocycles. The number of ether oxygens (including phenoxy) is 3. The first-order valence-corrected chi connectivity index (χ1v) is 13.4. The van der Waals surface area contributed by atoms with Gasteiger partial charge >= 0.3 is 0 Å². The van der Waals surface area contributed by atoms with Crippen LogP contribution in [0.15, 0.2) is 70.0 Å². The van der Waals surface area contributed by atoms with Gasteiger partial charge in [-0.05, 0) is 60.5 Å². The van der Waals surface area contributed by atoms with Crippen molar-refractivity contribution in [3.63, 3.8) is 0 Å². The molecule has 1 amide bonds. The number of hydrogen-bond acceptors (Lipinski definition) is 8. The van der Waals surface area contributed by atoms with E-state index in [0.29, 0.717) is 39.6 Å². The number of nitro groups is 1. The van der Waals surface area contributed by atoms with Gasteiger partial charge in [0.05, 0.1) is 11.5 Å². The minimum Gasteiger partial charge on any atom is -0.494 e. The lowest BCUT2D eigenvalue weighted by molar-refractivity contribution is -0.384. The van der Waals surface area contributed by atoms with E-state index in [2.05, 4.69) is 15.9 Å². The first-order chi connectivity index (χ1) is 17.7. The Morgan fingerprint density at radius 3 is 2.51 bits per heavy atom. The standard InChI is InChI=1S/C25H19BrN2O8S/c1-2-34-19-8-6-17(7-9-19)27-24(29)23(12-16-11-21-22(13-20(16)26)36-14-35-21)37(32,33)25(27)15-4-3-5-18(10-15)28(30)31/h3-13,25H,2,14H2,1H3/b23-12+/t25-/m0/s1. The molecule has 2 heterocycles. The predicted molar refractivity (Wildman–Crippen MR) is 138 cm³/mol. The topological polar surface area (TPSA) is 125 Å². The summed E-state index contributed by atoms with van der Waals surface area (Å²) in [6, 6.07) is 14.9. The maximum absolute atomic E-state index is 13.9. The van der Waals surface area contributed by atoms with Crippen molar-refractivity contribution in [2.45, 2.75) is 12.3 Å². The Kier molecular flexibility index (Phi) is 6.38. The maximum atomic E-state index is 13.9. The van der Waals surface area contributed by atoms with Crippen LogP contribution in [0.1, 0.15) is 23.4 Å². The molecule has 0 spiro atoms. The molecule has 3 aromatic carbocycles. The molecule has 3 aromatic rings. The van der Waals surface area contributed by atoms with Gasteiger partial charge in [0.15, 0.2) is 16.9 Å². The number of benzene rings is 3. The van der Waals surface area contributed by atoms with Crippen molar-refractivity contribution in [3.05, 3.63) is 91.3 Å². The summed E-state index contributed by atoms with van der Waals surface area (Å²) < 4.78 is 44.5. The number of amides is 1. The van der Waals surface area contributed by atoms with E-state index in [1.165, 1.54) is 24.3 Å². The van der Waals surface area contributed by atoms with Crippen LogP contribution in [-0.2, 0) is 14.6 Å². The van der Waals surface area contributed by atoms with Crippen LogP contribution >= 0.6 is 15.9 Å². The predicted octanol–water partition coefficient (Wildman–Crippen LogP) is 4.99. The highest BCUT2D eigenvalue weighted by molar-refractivity contribution is 9.10. The summed E-state index contributed by atoms with van der Waals surface area (Å²) in [5, 5.41) is 9.89. The summed E-state index contributed by atoms with van der Waals surface area (Å²) in [5.74, 6) is 0.676. The molecule has 190 valence electrons. The fourth-order valence-electron chi connectivity index (χ4n) is 4.18. The smallest absolute Gasteiger partial charge is 0.271 e. The molecular formula is C25H19BrN2O8S. The van der Waals surface area contributed by atoms with Crippen molar-refractivity contribution >= 4 is 49.1 Å². The average molecular weight is 587 g/mol. The van der Waals surface area contributed by atoms with Crippen molar-refractivity contribution in [1.82, 2.24) is 0 Å². The quantitative estimate of drug-likeness (QED) is 0.225. The highest BCUT2D eigenvalue weighted by Crippen LogP contribution is 2.45. The molecule has 0 radical (unpaired) electrons. The van der Waals surface area contributed by atoms with E-state index >= 15 is 0 Å². The molecule has 1 fully saturated rings. The van der Waals surface area contributed by atoms with E-state index in [9.17, 15) is 23.3 Å². The van der Waals surface area contributed by atoms with Gasteiger partial charge in [0.1, 0.15) is 10.7 Å². The van der Waals surface area contributed by atoms with E-state index in [0.717, 1.165) is 11.0 Å². The van der Waals surface area contributed by atoms with Gasteiger partial charge in [-0.15, -0.1) is 0 Å². The van der Waals surface area contributed by atoms with Gasteiger partial charge in [0, 0.05) is 22.3 Å². The van der Waals surface area contributed by atoms with Gasteiger partial charge in [-0.3, -0.25) is 19.8 Å². The fraction of sp³-hybridized carbons (Fsp3) is 0.160. The Bertz CT molecular complexity index is 1550. The lowest BCUT2D eigenvalue weighted by Gasteiger charge is -2.23. The first-order valence-electron chi connectivity index (χ1n) is 11.1. The van der Waals surface area contributed by atoms with Crippen LogP contribution in [0.5, 0.6) is 17.2 Å². The third-order valence-corrected chi connectivity index (χ3v) is 8.50. The van der Waals surface area contributed by atoms with Crippen LogP contribution in [-0.4, -0.2) is 32.6 Å². The van der Waals surface area contributed by atoms with Crippen LogP contribution in [0.3, 0.4) is 0 Å². The minimum atomic E-state index is -4.33. The zero-order valence-corrected chi connectivity index (χ0v) is 21.7. The number of halogens is 1. The number of nitro benzene ring substituents is 1. The van der Waals surface area contributed by atoms with Crippen LogP contribution < -0.4 is 19.1 Å². The van der Waals surface area contributed by atoms with Crippen LogP contribution in [0.4, 0.5) is 11.4 Å². The van der Waals surface area contributed by atoms with E-state index in [1.807, 2.05) is 6.92 Å². The molecule has 5 rings (SSSR count). The molecule has 2 aliphatic rings. The first kappa shape index (κ1) is 24.8. The Labute approximate surface area is 220 Å². The van der Waals surface area contributed by atoms with Gasteiger partial charge in [-0.2, -0.15) is 0 Å². The number of rotatable bonds is 6. The van der Waals surface area contributed by atoms with E-state index in [1.54, 1.807) is 36.4 Å². The van der Waals surface area contributed by atoms with Crippen molar-refractivity contribution < 1.29 is 32.3 Å². The highest BCUT2D eigenvalue weighted by atomic mass is 79.9. The number of sulfone groups is 1. The van der Waals surface area contributed by atoms with E-state index in [-0.39, 0.29) is 18.0 Å². The third kappa shape index (κ3) is 4.42. The molecular weight excluding hydrogens is 568 g/mol. The van der Waals surface area contributed by atoms with Gasteiger partial charge in [-0.1, -0.05) is 28.1 Å². The molecule has 0 saturated carbocycles. The molecule has 2 aliphatic heterocycles. The normalized spacial score (nSPS) is 18.9. The van der Waals surface area contributed by atoms with Crippen molar-refractivity contribution in [2.24, 2.45) is 0 Å². The van der Waals surface area contributed by atoms with Crippen LogP contribution in [0, 0.1) is 10.1 Å². The summed E-state index contributed by atoms with van der Waals surface area (Å²) in [6.45, 7) is 2.29. The molecule has 1 atom stereocenters. The minimum absolute atomic E-state index is 0.0272.